The first-order chi connectivity index (χ1) is 17.4. The molecule has 0 unspecified atom stereocenters. The van der Waals surface area contributed by atoms with Gasteiger partial charge in [-0.25, -0.2) is 4.98 Å². The summed E-state index contributed by atoms with van der Waals surface area (Å²) < 4.78 is 0. The van der Waals surface area contributed by atoms with Gasteiger partial charge < -0.3 is 10.3 Å². The average Bonchev–Trinajstić information content (AvgIpc) is 3.62. The maximum Gasteiger partial charge on any atom is 0.181 e. The van der Waals surface area contributed by atoms with Gasteiger partial charge in [-0.3, -0.25) is 15.1 Å². The van der Waals surface area contributed by atoms with Crippen LogP contribution < -0.4 is 5.32 Å². The third-order valence-electron chi connectivity index (χ3n) is 6.28. The highest BCUT2D eigenvalue weighted by Gasteiger charge is 2.17. The average molecular weight is 492 g/mol. The zero-order valence-corrected chi connectivity index (χ0v) is 21.1. The van der Waals surface area contributed by atoms with Crippen LogP contribution in [0, 0.1) is 5.41 Å². The van der Waals surface area contributed by atoms with Crippen molar-refractivity contribution >= 4 is 39.0 Å². The molecule has 0 atom stereocenters. The van der Waals surface area contributed by atoms with Gasteiger partial charge in [0.15, 0.2) is 5.65 Å². The van der Waals surface area contributed by atoms with E-state index in [9.17, 15) is 0 Å². The monoisotopic (exact) mass is 491 g/mol. The van der Waals surface area contributed by atoms with Crippen LogP contribution in [-0.2, 0) is 0 Å². The Balaban J connectivity index is 1.40. The first kappa shape index (κ1) is 22.2. The number of thiophene rings is 1. The summed E-state index contributed by atoms with van der Waals surface area (Å²) in [5.74, 6) is 0. The van der Waals surface area contributed by atoms with Crippen LogP contribution in [0.3, 0.4) is 0 Å². The molecule has 0 saturated heterocycles. The van der Waals surface area contributed by atoms with Crippen LogP contribution in [0.15, 0.2) is 79.0 Å². The third kappa shape index (κ3) is 3.95. The van der Waals surface area contributed by atoms with Gasteiger partial charge >= 0.3 is 0 Å². The smallest absolute Gasteiger partial charge is 0.181 e. The van der Waals surface area contributed by atoms with Crippen molar-refractivity contribution in [2.24, 2.45) is 5.41 Å². The fourth-order valence-corrected chi connectivity index (χ4v) is 4.86. The lowest BCUT2D eigenvalue weighted by atomic mass is 9.93. The lowest BCUT2D eigenvalue weighted by Gasteiger charge is -2.23. The molecule has 0 aliphatic rings. The fraction of sp³-hybridized carbons (Fsp3) is 0.143. The maximum absolute atomic E-state index is 4.61. The fourth-order valence-electron chi connectivity index (χ4n) is 4.10. The largest absolute Gasteiger partial charge is 0.358 e. The van der Waals surface area contributed by atoms with Crippen molar-refractivity contribution in [1.82, 2.24) is 30.1 Å². The van der Waals surface area contributed by atoms with Crippen molar-refractivity contribution in [2.45, 2.75) is 20.8 Å². The van der Waals surface area contributed by atoms with E-state index in [0.717, 1.165) is 55.8 Å². The number of hydrogen-bond acceptors (Lipinski definition) is 6. The van der Waals surface area contributed by atoms with E-state index in [2.05, 4.69) is 98.5 Å². The van der Waals surface area contributed by atoms with Gasteiger partial charge in [0.2, 0.25) is 0 Å². The quantitative estimate of drug-likeness (QED) is 0.236. The molecule has 6 rings (SSSR count). The highest BCUT2D eigenvalue weighted by molar-refractivity contribution is 7.13. The minimum atomic E-state index is -0.0549. The molecule has 0 spiro atoms. The van der Waals surface area contributed by atoms with Crippen LogP contribution in [0.1, 0.15) is 20.8 Å². The Morgan fingerprint density at radius 3 is 2.61 bits per heavy atom. The second-order valence-electron chi connectivity index (χ2n) is 9.82. The minimum Gasteiger partial charge on any atom is -0.358 e. The molecule has 6 aromatic heterocycles. The molecule has 7 nitrogen and oxygen atoms in total. The number of aromatic amines is 2. The molecule has 0 aliphatic carbocycles. The van der Waals surface area contributed by atoms with Crippen molar-refractivity contribution in [3.05, 3.63) is 79.0 Å². The number of hydrogen-bond donors (Lipinski definition) is 3. The molecule has 0 radical (unpaired) electrons. The predicted molar refractivity (Wildman–Crippen MR) is 148 cm³/mol. The Morgan fingerprint density at radius 1 is 0.972 bits per heavy atom. The van der Waals surface area contributed by atoms with Gasteiger partial charge in [-0.2, -0.15) is 5.10 Å². The summed E-state index contributed by atoms with van der Waals surface area (Å²) in [6, 6.07) is 10.5. The highest BCUT2D eigenvalue weighted by Crippen LogP contribution is 2.36. The van der Waals surface area contributed by atoms with Crippen LogP contribution in [0.5, 0.6) is 0 Å². The Bertz CT molecular complexity index is 1720. The van der Waals surface area contributed by atoms with Gasteiger partial charge in [0, 0.05) is 62.0 Å². The van der Waals surface area contributed by atoms with Gasteiger partial charge in [-0.15, -0.1) is 11.3 Å². The molecule has 0 saturated carbocycles. The van der Waals surface area contributed by atoms with Crippen LogP contribution >= 0.6 is 11.3 Å². The third-order valence-corrected chi connectivity index (χ3v) is 7.19. The normalized spacial score (nSPS) is 11.9. The lowest BCUT2D eigenvalue weighted by Crippen LogP contribution is -2.15. The number of aromatic nitrogens is 6. The molecule has 0 aromatic carbocycles. The molecule has 0 fully saturated rings. The summed E-state index contributed by atoms with van der Waals surface area (Å²) in [7, 11) is 0. The van der Waals surface area contributed by atoms with E-state index in [1.54, 1.807) is 17.5 Å². The van der Waals surface area contributed by atoms with Crippen molar-refractivity contribution in [1.29, 1.82) is 0 Å². The summed E-state index contributed by atoms with van der Waals surface area (Å²) in [6.07, 6.45) is 9.25. The number of anilines is 1. The van der Waals surface area contributed by atoms with E-state index in [1.165, 1.54) is 4.88 Å². The second kappa shape index (κ2) is 8.42. The van der Waals surface area contributed by atoms with Crippen LogP contribution in [0.25, 0.3) is 54.9 Å². The number of pyridine rings is 3. The Labute approximate surface area is 212 Å². The summed E-state index contributed by atoms with van der Waals surface area (Å²) in [4.78, 5) is 18.2. The Morgan fingerprint density at radius 2 is 1.81 bits per heavy atom. The van der Waals surface area contributed by atoms with Gasteiger partial charge in [0.25, 0.3) is 0 Å². The van der Waals surface area contributed by atoms with Crippen molar-refractivity contribution < 1.29 is 0 Å². The summed E-state index contributed by atoms with van der Waals surface area (Å²) >= 11 is 1.71. The second-order valence-corrected chi connectivity index (χ2v) is 10.8. The molecule has 6 heterocycles. The molecule has 36 heavy (non-hydrogen) atoms. The molecular weight excluding hydrogens is 466 g/mol. The number of rotatable bonds is 5. The molecule has 3 N–H and O–H groups in total. The maximum atomic E-state index is 4.61. The Kier molecular flexibility index (Phi) is 5.19. The van der Waals surface area contributed by atoms with Gasteiger partial charge in [-0.05, 0) is 29.6 Å². The number of nitrogens with one attached hydrogen (secondary N) is 3. The van der Waals surface area contributed by atoms with Crippen LogP contribution in [-0.4, -0.2) is 30.1 Å². The molecule has 6 aromatic rings. The van der Waals surface area contributed by atoms with Gasteiger partial charge in [-0.1, -0.05) is 33.4 Å². The lowest BCUT2D eigenvalue weighted by molar-refractivity contribution is 0.509. The highest BCUT2D eigenvalue weighted by atomic mass is 32.1. The van der Waals surface area contributed by atoms with Crippen molar-refractivity contribution in [3.63, 3.8) is 0 Å². The SMILES string of the molecule is C=C(Nc1cncc(-c2cnc3n[nH]c(-c4cc5c(-c6cccs6)cncc5[nH]4)c3c2)c1)C(C)(C)C. The zero-order valence-electron chi connectivity index (χ0n) is 20.3. The van der Waals surface area contributed by atoms with E-state index in [4.69, 9.17) is 0 Å². The van der Waals surface area contributed by atoms with Crippen LogP contribution in [0.4, 0.5) is 5.69 Å². The summed E-state index contributed by atoms with van der Waals surface area (Å²) in [6.45, 7) is 10.6. The van der Waals surface area contributed by atoms with Crippen molar-refractivity contribution in [3.8, 4) is 33.0 Å². The van der Waals surface area contributed by atoms with Crippen molar-refractivity contribution in [2.75, 3.05) is 5.32 Å². The number of H-pyrrole nitrogens is 2. The molecule has 0 bridgehead atoms. The van der Waals surface area contributed by atoms with E-state index in [0.29, 0.717) is 5.65 Å². The van der Waals surface area contributed by atoms with E-state index in [1.807, 2.05) is 24.8 Å². The zero-order chi connectivity index (χ0) is 24.9. The van der Waals surface area contributed by atoms with E-state index >= 15 is 0 Å². The molecule has 178 valence electrons. The van der Waals surface area contributed by atoms with Gasteiger partial charge in [0.1, 0.15) is 0 Å². The topological polar surface area (TPSA) is 95.2 Å². The number of fused-ring (bicyclic) bond motifs is 2. The number of allylic oxidation sites excluding steroid dienone is 1. The van der Waals surface area contributed by atoms with Crippen LogP contribution in [0.2, 0.25) is 0 Å². The van der Waals surface area contributed by atoms with Gasteiger partial charge in [0.05, 0.1) is 35.0 Å². The summed E-state index contributed by atoms with van der Waals surface area (Å²) in [5.41, 5.74) is 8.26. The van der Waals surface area contributed by atoms with E-state index < -0.39 is 0 Å². The predicted octanol–water partition coefficient (Wildman–Crippen LogP) is 7.26. The first-order valence-corrected chi connectivity index (χ1v) is 12.5. The Hall–Kier alpha value is -4.30. The standard InChI is InChI=1S/C28H25N7S/c1-16(28(2,3)4)32-19-8-17(11-29-13-19)18-9-21-26(34-35-27(21)31-12-18)23-10-20-22(25-6-5-7-36-25)14-30-15-24(20)33-23/h5-15,32-33H,1H2,2-4H3,(H,31,34,35). The molecule has 0 aliphatic heterocycles. The molecule has 0 amide bonds. The van der Waals surface area contributed by atoms with E-state index in [-0.39, 0.29) is 5.41 Å². The first-order valence-electron chi connectivity index (χ1n) is 11.6. The summed E-state index contributed by atoms with van der Waals surface area (Å²) in [5, 5.41) is 15.1. The number of nitrogens with zero attached hydrogens (tertiary/aromatic N) is 4. The molecular formula is C28H25N7S. The molecule has 8 heteroatoms. The minimum absolute atomic E-state index is 0.0549.